The number of nitro benzene ring substituents is 1. The van der Waals surface area contributed by atoms with Crippen LogP contribution in [0.2, 0.25) is 0 Å². The van der Waals surface area contributed by atoms with Crippen molar-refractivity contribution in [1.29, 1.82) is 0 Å². The summed E-state index contributed by atoms with van der Waals surface area (Å²) in [5.74, 6) is -0.299. The highest BCUT2D eigenvalue weighted by atomic mass is 16.6. The lowest BCUT2D eigenvalue weighted by atomic mass is 10.1. The van der Waals surface area contributed by atoms with Gasteiger partial charge in [-0.1, -0.05) is 23.4 Å². The molecule has 0 bridgehead atoms. The molecule has 0 radical (unpaired) electrons. The van der Waals surface area contributed by atoms with E-state index in [0.29, 0.717) is 11.4 Å². The number of nitrogens with zero attached hydrogens (tertiary/aromatic N) is 8. The van der Waals surface area contributed by atoms with Crippen molar-refractivity contribution in [2.45, 2.75) is 19.9 Å². The van der Waals surface area contributed by atoms with E-state index >= 15 is 0 Å². The van der Waals surface area contributed by atoms with E-state index < -0.39 is 4.92 Å². The number of benzene rings is 2. The number of nitro groups is 1. The van der Waals surface area contributed by atoms with E-state index in [-0.39, 0.29) is 23.3 Å². The first-order valence-electron chi connectivity index (χ1n) is 9.76. The number of non-ortho nitro benzene ring substituents is 1. The molecule has 0 spiro atoms. The lowest BCUT2D eigenvalue weighted by Crippen LogP contribution is -2.30. The summed E-state index contributed by atoms with van der Waals surface area (Å²) < 4.78 is 3.07. The van der Waals surface area contributed by atoms with Gasteiger partial charge >= 0.3 is 0 Å². The first kappa shape index (κ1) is 20.8. The molecule has 4 rings (SSSR count). The summed E-state index contributed by atoms with van der Waals surface area (Å²) in [4.78, 5) is 29.2. The SMILES string of the molecule is Cc1c(C(=O)N(C)C(C)c2ccc(-n3cncn3)cc2)nnn1-c1cccc([N+](=O)[O-])c1. The van der Waals surface area contributed by atoms with Crippen LogP contribution in [0.15, 0.2) is 61.2 Å². The van der Waals surface area contributed by atoms with E-state index in [9.17, 15) is 14.9 Å². The molecular weight excluding hydrogens is 412 g/mol. The Hall–Kier alpha value is -4.41. The van der Waals surface area contributed by atoms with Gasteiger partial charge in [0.25, 0.3) is 11.6 Å². The summed E-state index contributed by atoms with van der Waals surface area (Å²) in [6, 6.07) is 13.5. The highest BCUT2D eigenvalue weighted by Gasteiger charge is 2.25. The molecule has 162 valence electrons. The lowest BCUT2D eigenvalue weighted by molar-refractivity contribution is -0.384. The molecule has 4 aromatic rings. The maximum atomic E-state index is 13.1. The monoisotopic (exact) mass is 432 g/mol. The van der Waals surface area contributed by atoms with E-state index in [1.807, 2.05) is 31.2 Å². The quantitative estimate of drug-likeness (QED) is 0.339. The number of hydrogen-bond acceptors (Lipinski definition) is 7. The number of rotatable bonds is 6. The molecular formula is C21H20N8O3. The topological polar surface area (TPSA) is 125 Å². The highest BCUT2D eigenvalue weighted by molar-refractivity contribution is 5.93. The Morgan fingerprint density at radius 3 is 2.56 bits per heavy atom. The van der Waals surface area contributed by atoms with Crippen LogP contribution in [0.1, 0.15) is 34.7 Å². The molecule has 0 aliphatic rings. The number of aromatic nitrogens is 6. The molecule has 0 fully saturated rings. The Morgan fingerprint density at radius 2 is 1.91 bits per heavy atom. The molecule has 0 saturated heterocycles. The van der Waals surface area contributed by atoms with Crippen LogP contribution >= 0.6 is 0 Å². The van der Waals surface area contributed by atoms with Crippen LogP contribution in [0.5, 0.6) is 0 Å². The van der Waals surface area contributed by atoms with Crippen LogP contribution in [0.4, 0.5) is 5.69 Å². The second kappa shape index (κ2) is 8.38. The van der Waals surface area contributed by atoms with Gasteiger partial charge in [0.15, 0.2) is 5.69 Å². The zero-order valence-electron chi connectivity index (χ0n) is 17.7. The van der Waals surface area contributed by atoms with Gasteiger partial charge in [-0.3, -0.25) is 14.9 Å². The van der Waals surface area contributed by atoms with Crippen molar-refractivity contribution < 1.29 is 9.72 Å². The molecule has 0 N–H and O–H groups in total. The van der Waals surface area contributed by atoms with Gasteiger partial charge in [0.1, 0.15) is 12.7 Å². The number of carbonyl (C=O) groups excluding carboxylic acids is 1. The molecule has 1 amide bonds. The maximum absolute atomic E-state index is 13.1. The zero-order valence-corrected chi connectivity index (χ0v) is 17.7. The molecule has 0 aliphatic carbocycles. The van der Waals surface area contributed by atoms with E-state index in [2.05, 4.69) is 20.4 Å². The molecule has 1 atom stereocenters. The Kier molecular flexibility index (Phi) is 5.46. The minimum Gasteiger partial charge on any atom is -0.333 e. The van der Waals surface area contributed by atoms with Crippen molar-refractivity contribution in [3.63, 3.8) is 0 Å². The molecule has 0 saturated carbocycles. The minimum absolute atomic E-state index is 0.0645. The standard InChI is InChI=1S/C21H20N8O3/c1-14(16-7-9-17(10-8-16)27-13-22-12-23-27)26(3)21(30)20-15(2)28(25-24-20)18-5-4-6-19(11-18)29(31)32/h4-14H,1-3H3. The number of carbonyl (C=O) groups is 1. The molecule has 2 aromatic carbocycles. The van der Waals surface area contributed by atoms with Gasteiger partial charge in [0, 0.05) is 19.2 Å². The Labute approximate surface area is 183 Å². The molecule has 0 aliphatic heterocycles. The van der Waals surface area contributed by atoms with Crippen molar-refractivity contribution >= 4 is 11.6 Å². The fourth-order valence-electron chi connectivity index (χ4n) is 3.32. The Bertz CT molecular complexity index is 1260. The van der Waals surface area contributed by atoms with Crippen molar-refractivity contribution in [1.82, 2.24) is 34.7 Å². The van der Waals surface area contributed by atoms with Gasteiger partial charge in [-0.05, 0) is 37.6 Å². The fraction of sp³-hybridized carbons (Fsp3) is 0.190. The Balaban J connectivity index is 1.55. The molecule has 1 unspecified atom stereocenters. The van der Waals surface area contributed by atoms with Crippen molar-refractivity contribution in [2.24, 2.45) is 0 Å². The Morgan fingerprint density at radius 1 is 1.16 bits per heavy atom. The minimum atomic E-state index is -0.481. The fourth-order valence-corrected chi connectivity index (χ4v) is 3.32. The average molecular weight is 432 g/mol. The van der Waals surface area contributed by atoms with Gasteiger partial charge in [-0.15, -0.1) is 5.10 Å². The second-order valence-corrected chi connectivity index (χ2v) is 7.24. The lowest BCUT2D eigenvalue weighted by Gasteiger charge is -2.25. The third-order valence-corrected chi connectivity index (χ3v) is 5.34. The summed E-state index contributed by atoms with van der Waals surface area (Å²) in [6.45, 7) is 3.63. The van der Waals surface area contributed by atoms with Crippen molar-refractivity contribution in [3.05, 3.63) is 88.3 Å². The van der Waals surface area contributed by atoms with Crippen LogP contribution < -0.4 is 0 Å². The smallest absolute Gasteiger partial charge is 0.276 e. The summed E-state index contributed by atoms with van der Waals surface area (Å²) in [5, 5.41) is 23.3. The summed E-state index contributed by atoms with van der Waals surface area (Å²) in [5.41, 5.74) is 2.88. The van der Waals surface area contributed by atoms with Gasteiger partial charge in [0.2, 0.25) is 0 Å². The second-order valence-electron chi connectivity index (χ2n) is 7.24. The van der Waals surface area contributed by atoms with E-state index in [0.717, 1.165) is 11.3 Å². The predicted molar refractivity (Wildman–Crippen MR) is 115 cm³/mol. The third-order valence-electron chi connectivity index (χ3n) is 5.34. The van der Waals surface area contributed by atoms with Crippen LogP contribution in [-0.4, -0.2) is 52.5 Å². The van der Waals surface area contributed by atoms with Crippen molar-refractivity contribution in [2.75, 3.05) is 7.05 Å². The molecule has 2 aromatic heterocycles. The van der Waals surface area contributed by atoms with Crippen molar-refractivity contribution in [3.8, 4) is 11.4 Å². The summed E-state index contributed by atoms with van der Waals surface area (Å²) in [6.07, 6.45) is 3.08. The molecule has 2 heterocycles. The van der Waals surface area contributed by atoms with Crippen LogP contribution in [-0.2, 0) is 0 Å². The number of amides is 1. The third kappa shape index (κ3) is 3.83. The molecule has 32 heavy (non-hydrogen) atoms. The normalized spacial score (nSPS) is 11.8. The van der Waals surface area contributed by atoms with Crippen LogP contribution in [0, 0.1) is 17.0 Å². The molecule has 11 heteroatoms. The van der Waals surface area contributed by atoms with Gasteiger partial charge in [-0.2, -0.15) is 5.10 Å². The van der Waals surface area contributed by atoms with Crippen LogP contribution in [0.25, 0.3) is 11.4 Å². The molecule has 11 nitrogen and oxygen atoms in total. The van der Waals surface area contributed by atoms with Gasteiger partial charge in [-0.25, -0.2) is 14.3 Å². The predicted octanol–water partition coefficient (Wildman–Crippen LogP) is 2.90. The summed E-state index contributed by atoms with van der Waals surface area (Å²) in [7, 11) is 1.70. The average Bonchev–Trinajstić information content (AvgIpc) is 3.48. The van der Waals surface area contributed by atoms with E-state index in [1.165, 1.54) is 23.1 Å². The number of hydrogen-bond donors (Lipinski definition) is 0. The zero-order chi connectivity index (χ0) is 22.8. The van der Waals surface area contributed by atoms with E-state index in [4.69, 9.17) is 0 Å². The highest BCUT2D eigenvalue weighted by Crippen LogP contribution is 2.24. The maximum Gasteiger partial charge on any atom is 0.276 e. The van der Waals surface area contributed by atoms with Gasteiger partial charge < -0.3 is 4.90 Å². The van der Waals surface area contributed by atoms with Crippen LogP contribution in [0.3, 0.4) is 0 Å². The largest absolute Gasteiger partial charge is 0.333 e. The first-order valence-corrected chi connectivity index (χ1v) is 9.76. The van der Waals surface area contributed by atoms with E-state index in [1.54, 1.807) is 42.0 Å². The summed E-state index contributed by atoms with van der Waals surface area (Å²) >= 11 is 0. The van der Waals surface area contributed by atoms with Gasteiger partial charge in [0.05, 0.1) is 28.0 Å². The first-order chi connectivity index (χ1) is 15.4.